The van der Waals surface area contributed by atoms with Gasteiger partial charge in [0.05, 0.1) is 12.3 Å². The molecule has 1 aliphatic heterocycles. The lowest BCUT2D eigenvalue weighted by atomic mass is 10.0. The molecule has 1 N–H and O–H groups in total. The maximum Gasteiger partial charge on any atom is 0.223 e. The Morgan fingerprint density at radius 1 is 1.46 bits per heavy atom. The number of aliphatic hydroxyl groups is 1. The van der Waals surface area contributed by atoms with Gasteiger partial charge >= 0.3 is 0 Å². The zero-order chi connectivity index (χ0) is 17.1. The van der Waals surface area contributed by atoms with E-state index in [1.54, 1.807) is 25.3 Å². The normalized spacial score (nSPS) is 18.8. The summed E-state index contributed by atoms with van der Waals surface area (Å²) in [7, 11) is 0. The number of benzene rings is 1. The summed E-state index contributed by atoms with van der Waals surface area (Å²) in [6.07, 6.45) is 3.01. The van der Waals surface area contributed by atoms with Crippen LogP contribution in [0.4, 0.5) is 0 Å². The van der Waals surface area contributed by atoms with Crippen molar-refractivity contribution in [3.05, 3.63) is 41.4 Å². The summed E-state index contributed by atoms with van der Waals surface area (Å²) in [6.45, 7) is 3.14. The van der Waals surface area contributed by atoms with E-state index >= 15 is 0 Å². The SMILES string of the molecule is CC(O)C1CCN(C(=O)CCc2ncc(-c3ccc(Cl)cc3)o2)C1. The van der Waals surface area contributed by atoms with Crippen LogP contribution in [-0.2, 0) is 11.2 Å². The number of oxazole rings is 1. The van der Waals surface area contributed by atoms with Gasteiger partial charge < -0.3 is 14.4 Å². The first-order chi connectivity index (χ1) is 11.5. The van der Waals surface area contributed by atoms with E-state index in [2.05, 4.69) is 4.98 Å². The standard InChI is InChI=1S/C18H21ClN2O3/c1-12(22)14-8-9-21(11-14)18(23)7-6-17-20-10-16(24-17)13-2-4-15(19)5-3-13/h2-5,10,12,14,22H,6-9,11H2,1H3. The summed E-state index contributed by atoms with van der Waals surface area (Å²) in [6, 6.07) is 7.35. The van der Waals surface area contributed by atoms with Crippen LogP contribution in [0, 0.1) is 5.92 Å². The van der Waals surface area contributed by atoms with E-state index in [1.807, 2.05) is 17.0 Å². The van der Waals surface area contributed by atoms with Gasteiger partial charge in [-0.05, 0) is 37.6 Å². The summed E-state index contributed by atoms with van der Waals surface area (Å²) in [5.74, 6) is 1.50. The number of hydrogen-bond acceptors (Lipinski definition) is 4. The third-order valence-corrected chi connectivity index (χ3v) is 4.75. The van der Waals surface area contributed by atoms with Crippen LogP contribution in [0.15, 0.2) is 34.9 Å². The number of aryl methyl sites for hydroxylation is 1. The number of carbonyl (C=O) groups is 1. The lowest BCUT2D eigenvalue weighted by Gasteiger charge is -2.17. The second kappa shape index (κ2) is 7.36. The van der Waals surface area contributed by atoms with E-state index in [0.29, 0.717) is 36.1 Å². The van der Waals surface area contributed by atoms with Crippen LogP contribution in [0.1, 0.15) is 25.7 Å². The van der Waals surface area contributed by atoms with Gasteiger partial charge in [0.25, 0.3) is 0 Å². The maximum atomic E-state index is 12.3. The van der Waals surface area contributed by atoms with Crippen LogP contribution in [0.2, 0.25) is 5.02 Å². The minimum absolute atomic E-state index is 0.0874. The number of carbonyl (C=O) groups excluding carboxylic acids is 1. The van der Waals surface area contributed by atoms with E-state index < -0.39 is 0 Å². The van der Waals surface area contributed by atoms with Crippen LogP contribution >= 0.6 is 11.6 Å². The molecule has 1 aliphatic rings. The van der Waals surface area contributed by atoms with Gasteiger partial charge in [-0.25, -0.2) is 4.98 Å². The van der Waals surface area contributed by atoms with Crippen molar-refractivity contribution >= 4 is 17.5 Å². The van der Waals surface area contributed by atoms with Crippen molar-refractivity contribution in [2.24, 2.45) is 5.92 Å². The zero-order valence-corrected chi connectivity index (χ0v) is 14.4. The van der Waals surface area contributed by atoms with Gasteiger partial charge in [-0.15, -0.1) is 0 Å². The number of aliphatic hydroxyl groups excluding tert-OH is 1. The topological polar surface area (TPSA) is 66.6 Å². The van der Waals surface area contributed by atoms with Crippen molar-refractivity contribution in [1.82, 2.24) is 9.88 Å². The van der Waals surface area contributed by atoms with Crippen molar-refractivity contribution in [3.63, 3.8) is 0 Å². The van der Waals surface area contributed by atoms with Gasteiger partial charge in [0.15, 0.2) is 11.7 Å². The third-order valence-electron chi connectivity index (χ3n) is 4.49. The first-order valence-corrected chi connectivity index (χ1v) is 8.57. The molecular weight excluding hydrogens is 328 g/mol. The highest BCUT2D eigenvalue weighted by molar-refractivity contribution is 6.30. The van der Waals surface area contributed by atoms with Crippen LogP contribution in [0.5, 0.6) is 0 Å². The zero-order valence-electron chi connectivity index (χ0n) is 13.6. The van der Waals surface area contributed by atoms with Crippen molar-refractivity contribution in [2.45, 2.75) is 32.3 Å². The second-order valence-corrected chi connectivity index (χ2v) is 6.69. The van der Waals surface area contributed by atoms with Crippen LogP contribution in [0.25, 0.3) is 11.3 Å². The fourth-order valence-corrected chi connectivity index (χ4v) is 3.08. The summed E-state index contributed by atoms with van der Waals surface area (Å²) in [4.78, 5) is 18.3. The van der Waals surface area contributed by atoms with Gasteiger partial charge in [0.2, 0.25) is 5.91 Å². The number of aromatic nitrogens is 1. The lowest BCUT2D eigenvalue weighted by Crippen LogP contribution is -2.30. The van der Waals surface area contributed by atoms with Gasteiger partial charge in [-0.1, -0.05) is 11.6 Å². The molecule has 0 saturated carbocycles. The van der Waals surface area contributed by atoms with E-state index in [0.717, 1.165) is 18.5 Å². The predicted octanol–water partition coefficient (Wildman–Crippen LogP) is 3.16. The highest BCUT2D eigenvalue weighted by atomic mass is 35.5. The summed E-state index contributed by atoms with van der Waals surface area (Å²) in [5, 5.41) is 10.3. The molecule has 1 aromatic carbocycles. The molecule has 0 bridgehead atoms. The quantitative estimate of drug-likeness (QED) is 0.901. The number of halogens is 1. The number of amides is 1. The third kappa shape index (κ3) is 3.97. The Morgan fingerprint density at radius 2 is 2.21 bits per heavy atom. The van der Waals surface area contributed by atoms with E-state index in [4.69, 9.17) is 16.0 Å². The Hall–Kier alpha value is -1.85. The van der Waals surface area contributed by atoms with Crippen molar-refractivity contribution in [2.75, 3.05) is 13.1 Å². The molecule has 0 aliphatic carbocycles. The van der Waals surface area contributed by atoms with Crippen LogP contribution in [0.3, 0.4) is 0 Å². The first-order valence-electron chi connectivity index (χ1n) is 8.19. The monoisotopic (exact) mass is 348 g/mol. The van der Waals surface area contributed by atoms with E-state index in [1.165, 1.54) is 0 Å². The smallest absolute Gasteiger partial charge is 0.223 e. The molecule has 6 heteroatoms. The number of rotatable bonds is 5. The molecule has 24 heavy (non-hydrogen) atoms. The molecular formula is C18H21ClN2O3. The molecule has 2 atom stereocenters. The van der Waals surface area contributed by atoms with E-state index in [-0.39, 0.29) is 17.9 Å². The molecule has 2 heterocycles. The molecule has 1 amide bonds. The second-order valence-electron chi connectivity index (χ2n) is 6.25. The molecule has 1 aromatic heterocycles. The molecule has 2 aromatic rings. The Labute approximate surface area is 146 Å². The van der Waals surface area contributed by atoms with Gasteiger partial charge in [0.1, 0.15) is 0 Å². The van der Waals surface area contributed by atoms with Crippen molar-refractivity contribution < 1.29 is 14.3 Å². The maximum absolute atomic E-state index is 12.3. The Bertz CT molecular complexity index is 697. The van der Waals surface area contributed by atoms with Crippen LogP contribution < -0.4 is 0 Å². The van der Waals surface area contributed by atoms with Gasteiger partial charge in [-0.3, -0.25) is 4.79 Å². The number of nitrogens with zero attached hydrogens (tertiary/aromatic N) is 2. The fourth-order valence-electron chi connectivity index (χ4n) is 2.95. The Kier molecular flexibility index (Phi) is 5.21. The fraction of sp³-hybridized carbons (Fsp3) is 0.444. The lowest BCUT2D eigenvalue weighted by molar-refractivity contribution is -0.130. The average Bonchev–Trinajstić information content (AvgIpc) is 3.23. The highest BCUT2D eigenvalue weighted by Gasteiger charge is 2.28. The largest absolute Gasteiger partial charge is 0.441 e. The molecule has 1 saturated heterocycles. The molecule has 0 radical (unpaired) electrons. The molecule has 2 unspecified atom stereocenters. The summed E-state index contributed by atoms with van der Waals surface area (Å²) in [5.41, 5.74) is 0.906. The molecule has 0 spiro atoms. The molecule has 128 valence electrons. The average molecular weight is 349 g/mol. The van der Waals surface area contributed by atoms with E-state index in [9.17, 15) is 9.90 Å². The van der Waals surface area contributed by atoms with Crippen molar-refractivity contribution in [3.8, 4) is 11.3 Å². The Balaban J connectivity index is 1.54. The van der Waals surface area contributed by atoms with Crippen molar-refractivity contribution in [1.29, 1.82) is 0 Å². The minimum atomic E-state index is -0.364. The Morgan fingerprint density at radius 3 is 2.88 bits per heavy atom. The highest BCUT2D eigenvalue weighted by Crippen LogP contribution is 2.24. The predicted molar refractivity (Wildman–Crippen MR) is 91.6 cm³/mol. The minimum Gasteiger partial charge on any atom is -0.441 e. The summed E-state index contributed by atoms with van der Waals surface area (Å²) < 4.78 is 5.72. The number of likely N-dealkylation sites (tertiary alicyclic amines) is 1. The molecule has 3 rings (SSSR count). The van der Waals surface area contributed by atoms with Crippen LogP contribution in [-0.4, -0.2) is 40.1 Å². The van der Waals surface area contributed by atoms with Gasteiger partial charge in [-0.2, -0.15) is 0 Å². The first kappa shape index (κ1) is 17.0. The number of hydrogen-bond donors (Lipinski definition) is 1. The molecule has 1 fully saturated rings. The van der Waals surface area contributed by atoms with Gasteiger partial charge in [0, 0.05) is 42.4 Å². The summed E-state index contributed by atoms with van der Waals surface area (Å²) >= 11 is 5.88. The molecule has 5 nitrogen and oxygen atoms in total.